The SMILES string of the molecule is NC(=O)c1ccc(NC(=O)Cc2cc(-c3ccc(F)cc3F)on2)cc1. The number of halogens is 2. The number of benzene rings is 2. The third-order valence-electron chi connectivity index (χ3n) is 3.55. The zero-order valence-corrected chi connectivity index (χ0v) is 13.3. The highest BCUT2D eigenvalue weighted by Gasteiger charge is 2.14. The normalized spacial score (nSPS) is 10.5. The number of primary amides is 1. The number of anilines is 1. The van der Waals surface area contributed by atoms with E-state index >= 15 is 0 Å². The molecule has 0 atom stereocenters. The Morgan fingerprint density at radius 2 is 1.81 bits per heavy atom. The maximum atomic E-state index is 13.7. The molecule has 2 amide bonds. The van der Waals surface area contributed by atoms with Gasteiger partial charge in [0.2, 0.25) is 11.8 Å². The summed E-state index contributed by atoms with van der Waals surface area (Å²) in [4.78, 5) is 23.1. The molecule has 0 spiro atoms. The van der Waals surface area contributed by atoms with Crippen LogP contribution in [0.15, 0.2) is 53.1 Å². The molecule has 26 heavy (non-hydrogen) atoms. The van der Waals surface area contributed by atoms with Crippen LogP contribution in [0.2, 0.25) is 0 Å². The highest BCUT2D eigenvalue weighted by molar-refractivity contribution is 5.95. The highest BCUT2D eigenvalue weighted by atomic mass is 19.1. The second-order valence-corrected chi connectivity index (χ2v) is 5.47. The average Bonchev–Trinajstić information content (AvgIpc) is 3.03. The largest absolute Gasteiger partial charge is 0.366 e. The molecule has 6 nitrogen and oxygen atoms in total. The van der Waals surface area contributed by atoms with Crippen LogP contribution in [0.3, 0.4) is 0 Å². The Hall–Kier alpha value is -3.55. The van der Waals surface area contributed by atoms with E-state index in [9.17, 15) is 18.4 Å². The molecular formula is C18H13F2N3O3. The maximum absolute atomic E-state index is 13.7. The Labute approximate surface area is 146 Å². The smallest absolute Gasteiger partial charge is 0.248 e. The summed E-state index contributed by atoms with van der Waals surface area (Å²) in [5.74, 6) is -2.34. The molecule has 0 saturated carbocycles. The molecule has 0 radical (unpaired) electrons. The van der Waals surface area contributed by atoms with E-state index in [1.54, 1.807) is 12.1 Å². The molecule has 0 bridgehead atoms. The van der Waals surface area contributed by atoms with E-state index in [1.165, 1.54) is 24.3 Å². The lowest BCUT2D eigenvalue weighted by molar-refractivity contribution is -0.115. The summed E-state index contributed by atoms with van der Waals surface area (Å²) in [7, 11) is 0. The Bertz CT molecular complexity index is 968. The van der Waals surface area contributed by atoms with Crippen molar-refractivity contribution in [2.24, 2.45) is 5.73 Å². The van der Waals surface area contributed by atoms with Gasteiger partial charge >= 0.3 is 0 Å². The van der Waals surface area contributed by atoms with Crippen molar-refractivity contribution in [2.45, 2.75) is 6.42 Å². The van der Waals surface area contributed by atoms with Crippen molar-refractivity contribution in [3.8, 4) is 11.3 Å². The number of nitrogens with zero attached hydrogens (tertiary/aromatic N) is 1. The van der Waals surface area contributed by atoms with Crippen LogP contribution < -0.4 is 11.1 Å². The van der Waals surface area contributed by atoms with Gasteiger partial charge in [0.05, 0.1) is 17.7 Å². The molecule has 0 saturated heterocycles. The Morgan fingerprint density at radius 1 is 1.08 bits per heavy atom. The molecule has 3 aromatic rings. The van der Waals surface area contributed by atoms with Crippen molar-refractivity contribution in [3.05, 3.63) is 71.4 Å². The van der Waals surface area contributed by atoms with Crippen molar-refractivity contribution >= 4 is 17.5 Å². The van der Waals surface area contributed by atoms with Crippen LogP contribution in [0.1, 0.15) is 16.1 Å². The van der Waals surface area contributed by atoms with Gasteiger partial charge in [0.1, 0.15) is 11.6 Å². The molecular weight excluding hydrogens is 344 g/mol. The van der Waals surface area contributed by atoms with Crippen LogP contribution in [0.4, 0.5) is 14.5 Å². The van der Waals surface area contributed by atoms with Crippen LogP contribution in [0.25, 0.3) is 11.3 Å². The number of rotatable bonds is 5. The molecule has 132 valence electrons. The number of carbonyl (C=O) groups excluding carboxylic acids is 2. The average molecular weight is 357 g/mol. The zero-order chi connectivity index (χ0) is 18.7. The first-order valence-electron chi connectivity index (χ1n) is 7.53. The summed E-state index contributed by atoms with van der Waals surface area (Å²) < 4.78 is 31.7. The predicted molar refractivity (Wildman–Crippen MR) is 89.1 cm³/mol. The van der Waals surface area contributed by atoms with Gasteiger partial charge in [-0.3, -0.25) is 9.59 Å². The standard InChI is InChI=1S/C18H13F2N3O3/c19-11-3-6-14(15(20)7-11)16-8-13(23-26-16)9-17(24)22-12-4-1-10(2-5-12)18(21)25/h1-8H,9H2,(H2,21,25)(H,22,24). The van der Waals surface area contributed by atoms with Crippen molar-refractivity contribution in [1.82, 2.24) is 5.16 Å². The predicted octanol–water partition coefficient (Wildman–Crippen LogP) is 2.90. The molecule has 1 heterocycles. The van der Waals surface area contributed by atoms with Gasteiger partial charge in [-0.2, -0.15) is 0 Å². The van der Waals surface area contributed by atoms with E-state index in [2.05, 4.69) is 10.5 Å². The Balaban J connectivity index is 1.66. The van der Waals surface area contributed by atoms with Gasteiger partial charge in [-0.05, 0) is 36.4 Å². The lowest BCUT2D eigenvalue weighted by Gasteiger charge is -2.04. The lowest BCUT2D eigenvalue weighted by atomic mass is 10.1. The number of nitrogens with two attached hydrogens (primary N) is 1. The summed E-state index contributed by atoms with van der Waals surface area (Å²) in [5, 5.41) is 6.35. The van der Waals surface area contributed by atoms with Crippen LogP contribution in [0.5, 0.6) is 0 Å². The summed E-state index contributed by atoms with van der Waals surface area (Å²) in [6.07, 6.45) is -0.107. The number of hydrogen-bond donors (Lipinski definition) is 2. The molecule has 0 fully saturated rings. The van der Waals surface area contributed by atoms with E-state index < -0.39 is 17.5 Å². The molecule has 0 aliphatic heterocycles. The topological polar surface area (TPSA) is 98.2 Å². The number of nitrogens with one attached hydrogen (secondary N) is 1. The number of carbonyl (C=O) groups is 2. The van der Waals surface area contributed by atoms with Crippen molar-refractivity contribution in [2.75, 3.05) is 5.32 Å². The van der Waals surface area contributed by atoms with Crippen molar-refractivity contribution in [3.63, 3.8) is 0 Å². The summed E-state index contributed by atoms with van der Waals surface area (Å²) in [5.41, 5.74) is 6.28. The number of hydrogen-bond acceptors (Lipinski definition) is 4. The third kappa shape index (κ3) is 3.92. The van der Waals surface area contributed by atoms with E-state index in [-0.39, 0.29) is 29.3 Å². The molecule has 0 unspecified atom stereocenters. The van der Waals surface area contributed by atoms with E-state index in [1.807, 2.05) is 0 Å². The fourth-order valence-corrected chi connectivity index (χ4v) is 2.30. The minimum absolute atomic E-state index is 0.0487. The van der Waals surface area contributed by atoms with Gasteiger partial charge in [0.25, 0.3) is 0 Å². The fourth-order valence-electron chi connectivity index (χ4n) is 2.30. The summed E-state index contributed by atoms with van der Waals surface area (Å²) in [6, 6.07) is 10.5. The second kappa shape index (κ2) is 7.14. The van der Waals surface area contributed by atoms with Gasteiger partial charge in [-0.25, -0.2) is 8.78 Å². The molecule has 1 aromatic heterocycles. The third-order valence-corrected chi connectivity index (χ3v) is 3.55. The molecule has 8 heteroatoms. The molecule has 3 N–H and O–H groups in total. The van der Waals surface area contributed by atoms with E-state index in [0.717, 1.165) is 12.1 Å². The van der Waals surface area contributed by atoms with Crippen LogP contribution in [-0.4, -0.2) is 17.0 Å². The number of amides is 2. The molecule has 0 aliphatic rings. The van der Waals surface area contributed by atoms with Gasteiger partial charge in [-0.1, -0.05) is 5.16 Å². The van der Waals surface area contributed by atoms with Crippen molar-refractivity contribution in [1.29, 1.82) is 0 Å². The van der Waals surface area contributed by atoms with Crippen LogP contribution >= 0.6 is 0 Å². The summed E-state index contributed by atoms with van der Waals surface area (Å²) >= 11 is 0. The first kappa shape index (κ1) is 17.3. The highest BCUT2D eigenvalue weighted by Crippen LogP contribution is 2.24. The van der Waals surface area contributed by atoms with E-state index in [4.69, 9.17) is 10.3 Å². The van der Waals surface area contributed by atoms with Gasteiger partial charge in [-0.15, -0.1) is 0 Å². The van der Waals surface area contributed by atoms with Crippen LogP contribution in [-0.2, 0) is 11.2 Å². The van der Waals surface area contributed by atoms with E-state index in [0.29, 0.717) is 11.3 Å². The minimum atomic E-state index is -0.785. The maximum Gasteiger partial charge on any atom is 0.248 e. The monoisotopic (exact) mass is 357 g/mol. The lowest BCUT2D eigenvalue weighted by Crippen LogP contribution is -2.15. The minimum Gasteiger partial charge on any atom is -0.366 e. The van der Waals surface area contributed by atoms with Gasteiger partial charge in [0.15, 0.2) is 5.76 Å². The van der Waals surface area contributed by atoms with Crippen molar-refractivity contribution < 1.29 is 22.9 Å². The molecule has 0 aliphatic carbocycles. The van der Waals surface area contributed by atoms with Crippen LogP contribution in [0, 0.1) is 11.6 Å². The first-order chi connectivity index (χ1) is 12.4. The summed E-state index contributed by atoms with van der Waals surface area (Å²) in [6.45, 7) is 0. The number of aromatic nitrogens is 1. The fraction of sp³-hybridized carbons (Fsp3) is 0.0556. The molecule has 2 aromatic carbocycles. The second-order valence-electron chi connectivity index (χ2n) is 5.47. The van der Waals surface area contributed by atoms with Gasteiger partial charge < -0.3 is 15.6 Å². The first-order valence-corrected chi connectivity index (χ1v) is 7.53. The Kier molecular flexibility index (Phi) is 4.74. The quantitative estimate of drug-likeness (QED) is 0.733. The Morgan fingerprint density at radius 3 is 2.46 bits per heavy atom. The molecule has 3 rings (SSSR count). The zero-order valence-electron chi connectivity index (χ0n) is 13.3. The van der Waals surface area contributed by atoms with Gasteiger partial charge in [0, 0.05) is 23.4 Å².